The van der Waals surface area contributed by atoms with Crippen LogP contribution in [0.15, 0.2) is 42.7 Å². The van der Waals surface area contributed by atoms with Gasteiger partial charge in [-0.3, -0.25) is 9.97 Å². The van der Waals surface area contributed by atoms with Crippen LogP contribution >= 0.6 is 0 Å². The third-order valence-electron chi connectivity index (χ3n) is 2.27. The van der Waals surface area contributed by atoms with E-state index in [0.717, 1.165) is 21.8 Å². The fourth-order valence-electron chi connectivity index (χ4n) is 1.62. The molecule has 0 spiro atoms. The molecule has 65 valence electrons. The summed E-state index contributed by atoms with van der Waals surface area (Å²) in [5, 5.41) is 2.17. The van der Waals surface area contributed by atoms with E-state index in [0.29, 0.717) is 0 Å². The molecule has 3 aromatic rings. The monoisotopic (exact) mass is 179 g/mol. The maximum absolute atomic E-state index is 4.35. The van der Waals surface area contributed by atoms with Gasteiger partial charge in [-0.15, -0.1) is 0 Å². The second kappa shape index (κ2) is 2.77. The fourth-order valence-corrected chi connectivity index (χ4v) is 1.62. The van der Waals surface area contributed by atoms with Gasteiger partial charge in [0.1, 0.15) is 0 Å². The molecule has 14 heavy (non-hydrogen) atoms. The maximum Gasteiger partial charge on any atom is 0.0803 e. The fraction of sp³-hybridized carbons (Fsp3) is 0. The molecule has 1 radical (unpaired) electrons. The lowest BCUT2D eigenvalue weighted by Gasteiger charge is -2.00. The van der Waals surface area contributed by atoms with Gasteiger partial charge in [0.15, 0.2) is 0 Å². The van der Waals surface area contributed by atoms with Crippen LogP contribution in [0.3, 0.4) is 0 Å². The lowest BCUT2D eigenvalue weighted by molar-refractivity contribution is 1.39. The summed E-state index contributed by atoms with van der Waals surface area (Å²) >= 11 is 0. The molecular weight excluding hydrogens is 172 g/mol. The van der Waals surface area contributed by atoms with Crippen molar-refractivity contribution in [3.8, 4) is 0 Å². The molecular formula is C12H7N2. The van der Waals surface area contributed by atoms with Crippen LogP contribution in [0.5, 0.6) is 0 Å². The van der Waals surface area contributed by atoms with Gasteiger partial charge in [-0.1, -0.05) is 6.07 Å². The van der Waals surface area contributed by atoms with Gasteiger partial charge in [0.05, 0.1) is 11.0 Å². The number of aromatic nitrogens is 2. The Kier molecular flexibility index (Phi) is 1.47. The van der Waals surface area contributed by atoms with Crippen LogP contribution in [0, 0.1) is 6.07 Å². The summed E-state index contributed by atoms with van der Waals surface area (Å²) in [7, 11) is 0. The SMILES string of the molecule is [c]1cc2cccnc2c2cccnc12. The molecule has 0 unspecified atom stereocenters. The number of fused-ring (bicyclic) bond motifs is 3. The lowest BCUT2D eigenvalue weighted by Crippen LogP contribution is -1.82. The van der Waals surface area contributed by atoms with E-state index < -0.39 is 0 Å². The van der Waals surface area contributed by atoms with Crippen molar-refractivity contribution in [3.63, 3.8) is 0 Å². The number of nitrogens with zero attached hydrogens (tertiary/aromatic N) is 2. The van der Waals surface area contributed by atoms with E-state index in [9.17, 15) is 0 Å². The zero-order valence-corrected chi connectivity index (χ0v) is 7.44. The first-order chi connectivity index (χ1) is 6.95. The van der Waals surface area contributed by atoms with Crippen LogP contribution in [-0.2, 0) is 0 Å². The summed E-state index contributed by atoms with van der Waals surface area (Å²) in [5.41, 5.74) is 1.87. The number of rotatable bonds is 0. The van der Waals surface area contributed by atoms with Crippen molar-refractivity contribution in [3.05, 3.63) is 48.8 Å². The molecule has 0 saturated heterocycles. The molecule has 0 aliphatic carbocycles. The van der Waals surface area contributed by atoms with Gasteiger partial charge < -0.3 is 0 Å². The van der Waals surface area contributed by atoms with E-state index >= 15 is 0 Å². The van der Waals surface area contributed by atoms with Crippen LogP contribution in [-0.4, -0.2) is 9.97 Å². The van der Waals surface area contributed by atoms with E-state index in [2.05, 4.69) is 16.0 Å². The molecule has 0 aliphatic rings. The second-order valence-electron chi connectivity index (χ2n) is 3.13. The van der Waals surface area contributed by atoms with Gasteiger partial charge in [-0.25, -0.2) is 0 Å². The van der Waals surface area contributed by atoms with Gasteiger partial charge in [-0.05, 0) is 24.3 Å². The highest BCUT2D eigenvalue weighted by Crippen LogP contribution is 2.20. The molecule has 3 rings (SSSR count). The molecule has 0 N–H and O–H groups in total. The maximum atomic E-state index is 4.35. The Bertz CT molecular complexity index is 547. The highest BCUT2D eigenvalue weighted by molar-refractivity contribution is 6.02. The minimum Gasteiger partial charge on any atom is -0.256 e. The zero-order valence-electron chi connectivity index (χ0n) is 7.44. The first kappa shape index (κ1) is 7.44. The number of hydrogen-bond acceptors (Lipinski definition) is 2. The molecule has 0 bridgehead atoms. The highest BCUT2D eigenvalue weighted by Gasteiger charge is 2.00. The van der Waals surface area contributed by atoms with Crippen LogP contribution in [0.1, 0.15) is 0 Å². The average Bonchev–Trinajstić information content (AvgIpc) is 2.29. The predicted molar refractivity (Wildman–Crippen MR) is 55.9 cm³/mol. The molecule has 0 amide bonds. The second-order valence-corrected chi connectivity index (χ2v) is 3.13. The quantitative estimate of drug-likeness (QED) is 0.496. The normalized spacial score (nSPS) is 10.9. The van der Waals surface area contributed by atoms with Gasteiger partial charge in [-0.2, -0.15) is 0 Å². The smallest absolute Gasteiger partial charge is 0.0803 e. The van der Waals surface area contributed by atoms with E-state index in [-0.39, 0.29) is 0 Å². The average molecular weight is 179 g/mol. The van der Waals surface area contributed by atoms with Crippen LogP contribution in [0.2, 0.25) is 0 Å². The predicted octanol–water partition coefficient (Wildman–Crippen LogP) is 2.58. The number of benzene rings is 1. The summed E-state index contributed by atoms with van der Waals surface area (Å²) in [4.78, 5) is 8.59. The van der Waals surface area contributed by atoms with Crippen LogP contribution in [0.25, 0.3) is 21.8 Å². The van der Waals surface area contributed by atoms with Gasteiger partial charge in [0, 0.05) is 29.2 Å². The van der Waals surface area contributed by atoms with Crippen molar-refractivity contribution in [1.82, 2.24) is 9.97 Å². The van der Waals surface area contributed by atoms with Crippen LogP contribution < -0.4 is 0 Å². The van der Waals surface area contributed by atoms with E-state index in [4.69, 9.17) is 0 Å². The summed E-state index contributed by atoms with van der Waals surface area (Å²) in [6.07, 6.45) is 3.57. The van der Waals surface area contributed by atoms with Crippen molar-refractivity contribution in [2.75, 3.05) is 0 Å². The summed E-state index contributed by atoms with van der Waals surface area (Å²) in [5.74, 6) is 0. The van der Waals surface area contributed by atoms with Gasteiger partial charge in [0.2, 0.25) is 0 Å². The third kappa shape index (κ3) is 0.973. The summed E-state index contributed by atoms with van der Waals surface area (Å²) in [6, 6.07) is 13.0. The molecule has 2 heterocycles. The van der Waals surface area contributed by atoms with E-state index in [1.165, 1.54) is 0 Å². The van der Waals surface area contributed by atoms with E-state index in [1.807, 2.05) is 30.3 Å². The molecule has 2 aromatic heterocycles. The van der Waals surface area contributed by atoms with Crippen molar-refractivity contribution in [2.45, 2.75) is 0 Å². The van der Waals surface area contributed by atoms with Crippen LogP contribution in [0.4, 0.5) is 0 Å². The zero-order chi connectivity index (χ0) is 9.38. The largest absolute Gasteiger partial charge is 0.256 e. The van der Waals surface area contributed by atoms with Crippen molar-refractivity contribution >= 4 is 21.8 Å². The van der Waals surface area contributed by atoms with Crippen molar-refractivity contribution in [1.29, 1.82) is 0 Å². The molecule has 0 fully saturated rings. The lowest BCUT2D eigenvalue weighted by atomic mass is 10.1. The standard InChI is InChI=1S/C12H7N2/c1-3-9-5-6-11-10(4-2-7-13-11)12(9)14-8-1/h1-5,7-8H. The Hall–Kier alpha value is -1.96. The van der Waals surface area contributed by atoms with Crippen molar-refractivity contribution in [2.24, 2.45) is 0 Å². The molecule has 2 nitrogen and oxygen atoms in total. The topological polar surface area (TPSA) is 25.8 Å². The highest BCUT2D eigenvalue weighted by atomic mass is 14.7. The molecule has 0 saturated carbocycles. The molecule has 2 heteroatoms. The Morgan fingerprint density at radius 1 is 1.00 bits per heavy atom. The van der Waals surface area contributed by atoms with E-state index in [1.54, 1.807) is 12.4 Å². The summed E-state index contributed by atoms with van der Waals surface area (Å²) < 4.78 is 0. The Morgan fingerprint density at radius 2 is 1.86 bits per heavy atom. The Labute approximate surface area is 81.2 Å². The Morgan fingerprint density at radius 3 is 2.86 bits per heavy atom. The molecule has 1 aromatic carbocycles. The Balaban J connectivity index is 2.61. The molecule has 0 aliphatic heterocycles. The minimum atomic E-state index is 0.874. The third-order valence-corrected chi connectivity index (χ3v) is 2.27. The summed E-state index contributed by atoms with van der Waals surface area (Å²) in [6.45, 7) is 0. The first-order valence-electron chi connectivity index (χ1n) is 4.45. The minimum absolute atomic E-state index is 0.874. The molecule has 0 atom stereocenters. The van der Waals surface area contributed by atoms with Gasteiger partial charge in [0.25, 0.3) is 0 Å². The number of pyridine rings is 2. The van der Waals surface area contributed by atoms with Gasteiger partial charge >= 0.3 is 0 Å². The van der Waals surface area contributed by atoms with Crippen molar-refractivity contribution < 1.29 is 0 Å². The number of hydrogen-bond donors (Lipinski definition) is 0. The first-order valence-corrected chi connectivity index (χ1v) is 4.45.